The minimum Gasteiger partial charge on any atom is -0.334 e. The largest absolute Gasteiger partial charge is 0.334 e. The van der Waals surface area contributed by atoms with E-state index >= 15 is 0 Å². The molecule has 4 atom stereocenters. The highest BCUT2D eigenvalue weighted by Gasteiger charge is 2.50. The quantitative estimate of drug-likeness (QED) is 0.843. The molecule has 0 aliphatic carbocycles. The van der Waals surface area contributed by atoms with E-state index in [0.717, 1.165) is 11.1 Å². The van der Waals surface area contributed by atoms with Gasteiger partial charge >= 0.3 is 0 Å². The lowest BCUT2D eigenvalue weighted by atomic mass is 9.87. The molecule has 0 saturated carbocycles. The van der Waals surface area contributed by atoms with Gasteiger partial charge in [-0.3, -0.25) is 9.59 Å². The molecule has 1 N–H and O–H groups in total. The molecule has 6 nitrogen and oxygen atoms in total. The molecule has 0 spiro atoms. The lowest BCUT2D eigenvalue weighted by molar-refractivity contribution is -0.137. The number of fused-ring (bicyclic) bond motifs is 1. The van der Waals surface area contributed by atoms with Gasteiger partial charge in [-0.05, 0) is 31.4 Å². The Morgan fingerprint density at radius 2 is 1.82 bits per heavy atom. The maximum atomic E-state index is 13.7. The molecular weight excluding hydrogens is 359 g/mol. The van der Waals surface area contributed by atoms with Gasteiger partial charge in [0.05, 0.1) is 24.6 Å². The summed E-state index contributed by atoms with van der Waals surface area (Å²) in [6.45, 7) is 4.99. The van der Waals surface area contributed by atoms with E-state index in [1.54, 1.807) is 0 Å². The van der Waals surface area contributed by atoms with Gasteiger partial charge in [-0.1, -0.05) is 24.3 Å². The van der Waals surface area contributed by atoms with Crippen molar-refractivity contribution in [2.45, 2.75) is 63.6 Å². The normalized spacial score (nSPS) is 30.9. The zero-order valence-electron chi connectivity index (χ0n) is 16.2. The fourth-order valence-corrected chi connectivity index (χ4v) is 4.77. The van der Waals surface area contributed by atoms with Crippen molar-refractivity contribution in [1.82, 2.24) is 15.1 Å². The van der Waals surface area contributed by atoms with E-state index in [2.05, 4.69) is 5.32 Å². The topological polar surface area (TPSA) is 76.4 Å². The summed E-state index contributed by atoms with van der Waals surface area (Å²) in [7, 11) is 0. The predicted molar refractivity (Wildman–Crippen MR) is 100 cm³/mol. The molecule has 7 heteroatoms. The Balaban J connectivity index is 1.47. The first kappa shape index (κ1) is 18.9. The number of carbonyl (C=O) groups is 2. The van der Waals surface area contributed by atoms with Crippen LogP contribution in [0.5, 0.6) is 0 Å². The molecule has 0 unspecified atom stereocenters. The second-order valence-electron chi connectivity index (χ2n) is 8.64. The van der Waals surface area contributed by atoms with Crippen LogP contribution in [0.25, 0.3) is 0 Å². The number of halogens is 1. The Morgan fingerprint density at radius 3 is 2.43 bits per heavy atom. The van der Waals surface area contributed by atoms with E-state index in [1.165, 1.54) is 4.90 Å². The van der Waals surface area contributed by atoms with Crippen molar-refractivity contribution in [3.05, 3.63) is 35.4 Å². The van der Waals surface area contributed by atoms with Crippen LogP contribution >= 0.6 is 0 Å². The molecule has 1 aromatic rings. The van der Waals surface area contributed by atoms with E-state index in [-0.39, 0.29) is 30.7 Å². The zero-order chi connectivity index (χ0) is 20.1. The highest BCUT2D eigenvalue weighted by molar-refractivity contribution is 5.87. The summed E-state index contributed by atoms with van der Waals surface area (Å²) in [5, 5.41) is 12.5. The highest BCUT2D eigenvalue weighted by Crippen LogP contribution is 2.35. The fraction of sp³-hybridized carbons (Fsp3) is 0.571. The monoisotopic (exact) mass is 384 g/mol. The van der Waals surface area contributed by atoms with Crippen LogP contribution in [0, 0.1) is 17.2 Å². The Labute approximate surface area is 164 Å². The average Bonchev–Trinajstić information content (AvgIpc) is 3.34. The third-order valence-electron chi connectivity index (χ3n) is 6.32. The number of benzene rings is 1. The molecule has 1 aromatic carbocycles. The molecule has 0 aromatic heterocycles. The Morgan fingerprint density at radius 1 is 1.18 bits per heavy atom. The molecule has 0 bridgehead atoms. The van der Waals surface area contributed by atoms with Crippen molar-refractivity contribution in [3.8, 4) is 6.07 Å². The molecule has 148 valence electrons. The van der Waals surface area contributed by atoms with Gasteiger partial charge in [-0.15, -0.1) is 0 Å². The van der Waals surface area contributed by atoms with E-state index < -0.39 is 23.8 Å². The molecule has 3 aliphatic rings. The van der Waals surface area contributed by atoms with E-state index in [0.29, 0.717) is 19.5 Å². The van der Waals surface area contributed by atoms with Crippen molar-refractivity contribution in [2.24, 2.45) is 5.92 Å². The average molecular weight is 384 g/mol. The van der Waals surface area contributed by atoms with Crippen molar-refractivity contribution in [1.29, 1.82) is 5.26 Å². The highest BCUT2D eigenvalue weighted by atomic mass is 19.1. The predicted octanol–water partition coefficient (Wildman–Crippen LogP) is 1.75. The number of nitrogens with zero attached hydrogens (tertiary/aromatic N) is 3. The SMILES string of the molecule is CC1(C)N[C@H](C(=O)N2C[C@@H](F)C[C@H]2C#N)C[C@@H]1C(=O)N1Cc2ccccc2C1. The van der Waals surface area contributed by atoms with E-state index in [9.17, 15) is 19.2 Å². The van der Waals surface area contributed by atoms with Crippen molar-refractivity contribution < 1.29 is 14.0 Å². The molecule has 0 radical (unpaired) electrons. The summed E-state index contributed by atoms with van der Waals surface area (Å²) >= 11 is 0. The van der Waals surface area contributed by atoms with Gasteiger partial charge in [0, 0.05) is 25.0 Å². The summed E-state index contributed by atoms with van der Waals surface area (Å²) in [5.41, 5.74) is 1.77. The lowest BCUT2D eigenvalue weighted by Gasteiger charge is -2.30. The van der Waals surface area contributed by atoms with Gasteiger partial charge < -0.3 is 15.1 Å². The van der Waals surface area contributed by atoms with Crippen molar-refractivity contribution >= 4 is 11.8 Å². The van der Waals surface area contributed by atoms with Gasteiger partial charge in [0.2, 0.25) is 11.8 Å². The van der Waals surface area contributed by atoms with Crippen LogP contribution in [-0.4, -0.2) is 52.0 Å². The smallest absolute Gasteiger partial charge is 0.240 e. The molecule has 2 fully saturated rings. The number of carbonyl (C=O) groups excluding carboxylic acids is 2. The van der Waals surface area contributed by atoms with Gasteiger partial charge in [0.1, 0.15) is 12.2 Å². The summed E-state index contributed by atoms with van der Waals surface area (Å²) in [4.78, 5) is 29.4. The third-order valence-corrected chi connectivity index (χ3v) is 6.32. The summed E-state index contributed by atoms with van der Waals surface area (Å²) in [5.74, 6) is -0.592. The molecule has 2 saturated heterocycles. The van der Waals surface area contributed by atoms with Crippen LogP contribution in [0.2, 0.25) is 0 Å². The number of hydrogen-bond acceptors (Lipinski definition) is 4. The molecule has 2 amide bonds. The number of amides is 2. The number of alkyl halides is 1. The third kappa shape index (κ3) is 3.16. The molecule has 28 heavy (non-hydrogen) atoms. The second-order valence-corrected chi connectivity index (χ2v) is 8.64. The summed E-state index contributed by atoms with van der Waals surface area (Å²) in [6.07, 6.45) is -0.737. The first-order valence-corrected chi connectivity index (χ1v) is 9.77. The van der Waals surface area contributed by atoms with E-state index in [1.807, 2.05) is 49.1 Å². The molecule has 4 rings (SSSR count). The van der Waals surface area contributed by atoms with Gasteiger partial charge in [-0.2, -0.15) is 5.26 Å². The summed E-state index contributed by atoms with van der Waals surface area (Å²) < 4.78 is 13.7. The minimum atomic E-state index is -1.16. The van der Waals surface area contributed by atoms with Crippen molar-refractivity contribution in [2.75, 3.05) is 6.54 Å². The second kappa shape index (κ2) is 6.85. The number of nitrogens with one attached hydrogen (secondary N) is 1. The van der Waals surface area contributed by atoms with Gasteiger partial charge in [0.15, 0.2) is 0 Å². The van der Waals surface area contributed by atoms with Gasteiger partial charge in [0.25, 0.3) is 0 Å². The fourth-order valence-electron chi connectivity index (χ4n) is 4.77. The van der Waals surface area contributed by atoms with Gasteiger partial charge in [-0.25, -0.2) is 4.39 Å². The molecule has 3 aliphatic heterocycles. The van der Waals surface area contributed by atoms with Crippen LogP contribution in [0.15, 0.2) is 24.3 Å². The lowest BCUT2D eigenvalue weighted by Crippen LogP contribution is -2.50. The Bertz CT molecular complexity index is 824. The maximum Gasteiger partial charge on any atom is 0.240 e. The van der Waals surface area contributed by atoms with Crippen LogP contribution in [0.1, 0.15) is 37.8 Å². The maximum absolute atomic E-state index is 13.7. The number of nitriles is 1. The standard InChI is InChI=1S/C21H25FN4O2/c1-21(2)17(19(27)25-10-13-5-3-4-6-14(13)11-25)8-18(24-21)20(28)26-12-15(22)7-16(26)9-23/h3-6,15-18,24H,7-8,10-12H2,1-2H3/t15-,16-,17+,18-/m0/s1. The van der Waals surface area contributed by atoms with E-state index in [4.69, 9.17) is 0 Å². The number of rotatable bonds is 2. The van der Waals surface area contributed by atoms with Crippen LogP contribution in [0.3, 0.4) is 0 Å². The Hall–Kier alpha value is -2.46. The number of hydrogen-bond donors (Lipinski definition) is 1. The Kier molecular flexibility index (Phi) is 4.62. The van der Waals surface area contributed by atoms with Crippen LogP contribution in [0.4, 0.5) is 4.39 Å². The first-order valence-electron chi connectivity index (χ1n) is 9.77. The molecular formula is C21H25FN4O2. The minimum absolute atomic E-state index is 0.0330. The first-order chi connectivity index (χ1) is 13.3. The number of likely N-dealkylation sites (tertiary alicyclic amines) is 1. The van der Waals surface area contributed by atoms with Crippen LogP contribution < -0.4 is 5.32 Å². The van der Waals surface area contributed by atoms with Crippen molar-refractivity contribution in [3.63, 3.8) is 0 Å². The zero-order valence-corrected chi connectivity index (χ0v) is 16.2. The summed E-state index contributed by atoms with van der Waals surface area (Å²) in [6, 6.07) is 8.74. The van der Waals surface area contributed by atoms with Crippen LogP contribution in [-0.2, 0) is 22.7 Å². The molecule has 3 heterocycles.